The molecule has 0 spiro atoms. The van der Waals surface area contributed by atoms with Gasteiger partial charge in [-0.2, -0.15) is 0 Å². The van der Waals surface area contributed by atoms with Crippen molar-refractivity contribution in [3.63, 3.8) is 0 Å². The number of carbonyl (C=O) groups is 2. The SMILES string of the molecule is CC1(C(N)=O)CCN(C(=O)c2ccc(Cc3ccccc3)nc2)CC1. The van der Waals surface area contributed by atoms with Crippen LogP contribution in [-0.4, -0.2) is 34.8 Å². The van der Waals surface area contributed by atoms with Crippen LogP contribution in [0.1, 0.15) is 41.4 Å². The Morgan fingerprint density at radius 3 is 2.36 bits per heavy atom. The Morgan fingerprint density at radius 1 is 1.12 bits per heavy atom. The van der Waals surface area contributed by atoms with Gasteiger partial charge in [-0.3, -0.25) is 14.6 Å². The molecule has 130 valence electrons. The van der Waals surface area contributed by atoms with Crippen molar-refractivity contribution in [2.24, 2.45) is 11.1 Å². The highest BCUT2D eigenvalue weighted by Crippen LogP contribution is 2.30. The van der Waals surface area contributed by atoms with E-state index < -0.39 is 5.41 Å². The van der Waals surface area contributed by atoms with E-state index >= 15 is 0 Å². The number of rotatable bonds is 4. The molecule has 0 radical (unpaired) electrons. The lowest BCUT2D eigenvalue weighted by Crippen LogP contribution is -2.47. The summed E-state index contributed by atoms with van der Waals surface area (Å²) in [5.74, 6) is -0.322. The topological polar surface area (TPSA) is 76.3 Å². The average molecular weight is 337 g/mol. The number of hydrogen-bond donors (Lipinski definition) is 1. The van der Waals surface area contributed by atoms with Crippen LogP contribution in [0, 0.1) is 5.41 Å². The van der Waals surface area contributed by atoms with Gasteiger partial charge in [0, 0.05) is 36.8 Å². The van der Waals surface area contributed by atoms with E-state index in [1.165, 1.54) is 5.56 Å². The molecule has 0 atom stereocenters. The molecule has 1 aliphatic heterocycles. The van der Waals surface area contributed by atoms with E-state index in [4.69, 9.17) is 5.73 Å². The molecule has 5 nitrogen and oxygen atoms in total. The van der Waals surface area contributed by atoms with Gasteiger partial charge in [-0.15, -0.1) is 0 Å². The van der Waals surface area contributed by atoms with Crippen LogP contribution in [0.15, 0.2) is 48.7 Å². The lowest BCUT2D eigenvalue weighted by Gasteiger charge is -2.37. The van der Waals surface area contributed by atoms with Crippen molar-refractivity contribution in [3.05, 3.63) is 65.5 Å². The van der Waals surface area contributed by atoms with Crippen molar-refractivity contribution in [2.45, 2.75) is 26.2 Å². The van der Waals surface area contributed by atoms with Crippen LogP contribution >= 0.6 is 0 Å². The molecular weight excluding hydrogens is 314 g/mol. The smallest absolute Gasteiger partial charge is 0.255 e. The van der Waals surface area contributed by atoms with Gasteiger partial charge in [0.2, 0.25) is 5.91 Å². The van der Waals surface area contributed by atoms with E-state index in [1.54, 1.807) is 11.1 Å². The largest absolute Gasteiger partial charge is 0.369 e. The fourth-order valence-corrected chi connectivity index (χ4v) is 3.09. The van der Waals surface area contributed by atoms with Gasteiger partial charge < -0.3 is 10.6 Å². The molecule has 2 N–H and O–H groups in total. The predicted octanol–water partition coefficient (Wildman–Crippen LogP) is 2.40. The molecule has 1 aromatic heterocycles. The first-order valence-electron chi connectivity index (χ1n) is 8.56. The normalized spacial score (nSPS) is 16.4. The lowest BCUT2D eigenvalue weighted by atomic mass is 9.79. The number of pyridine rings is 1. The summed E-state index contributed by atoms with van der Waals surface area (Å²) in [5.41, 5.74) is 7.66. The predicted molar refractivity (Wildman–Crippen MR) is 95.9 cm³/mol. The molecule has 2 heterocycles. The van der Waals surface area contributed by atoms with Crippen molar-refractivity contribution in [3.8, 4) is 0 Å². The van der Waals surface area contributed by atoms with Gasteiger partial charge in [0.1, 0.15) is 0 Å². The summed E-state index contributed by atoms with van der Waals surface area (Å²) in [4.78, 5) is 30.3. The second-order valence-electron chi connectivity index (χ2n) is 6.92. The first kappa shape index (κ1) is 17.1. The molecule has 1 aromatic carbocycles. The summed E-state index contributed by atoms with van der Waals surface area (Å²) in [7, 11) is 0. The van der Waals surface area contributed by atoms with Crippen LogP contribution in [0.3, 0.4) is 0 Å². The monoisotopic (exact) mass is 337 g/mol. The molecule has 0 bridgehead atoms. The van der Waals surface area contributed by atoms with Crippen molar-refractivity contribution in [1.29, 1.82) is 0 Å². The zero-order valence-electron chi connectivity index (χ0n) is 14.4. The minimum atomic E-state index is -0.505. The average Bonchev–Trinajstić information content (AvgIpc) is 2.63. The van der Waals surface area contributed by atoms with Gasteiger partial charge in [0.25, 0.3) is 5.91 Å². The zero-order chi connectivity index (χ0) is 17.9. The van der Waals surface area contributed by atoms with Crippen LogP contribution in [0.25, 0.3) is 0 Å². The Labute approximate surface area is 147 Å². The van der Waals surface area contributed by atoms with Crippen LogP contribution in [0.2, 0.25) is 0 Å². The number of carbonyl (C=O) groups excluding carboxylic acids is 2. The highest BCUT2D eigenvalue weighted by molar-refractivity contribution is 5.94. The summed E-state index contributed by atoms with van der Waals surface area (Å²) in [6.07, 6.45) is 3.60. The molecule has 3 rings (SSSR count). The van der Waals surface area contributed by atoms with E-state index in [-0.39, 0.29) is 11.8 Å². The number of amides is 2. The van der Waals surface area contributed by atoms with Gasteiger partial charge in [-0.1, -0.05) is 37.3 Å². The maximum absolute atomic E-state index is 12.6. The first-order valence-corrected chi connectivity index (χ1v) is 8.56. The van der Waals surface area contributed by atoms with Gasteiger partial charge in [0.05, 0.1) is 5.56 Å². The summed E-state index contributed by atoms with van der Waals surface area (Å²) < 4.78 is 0. The van der Waals surface area contributed by atoms with Crippen LogP contribution in [-0.2, 0) is 11.2 Å². The molecule has 1 fully saturated rings. The number of piperidine rings is 1. The van der Waals surface area contributed by atoms with Crippen LogP contribution < -0.4 is 5.73 Å². The Morgan fingerprint density at radius 2 is 1.80 bits per heavy atom. The number of benzene rings is 1. The minimum Gasteiger partial charge on any atom is -0.369 e. The van der Waals surface area contributed by atoms with E-state index in [0.717, 1.165) is 12.1 Å². The maximum Gasteiger partial charge on any atom is 0.255 e. The van der Waals surface area contributed by atoms with Gasteiger partial charge in [-0.25, -0.2) is 0 Å². The van der Waals surface area contributed by atoms with Crippen LogP contribution in [0.4, 0.5) is 0 Å². The van der Waals surface area contributed by atoms with Crippen molar-refractivity contribution in [1.82, 2.24) is 9.88 Å². The van der Waals surface area contributed by atoms with Crippen molar-refractivity contribution >= 4 is 11.8 Å². The van der Waals surface area contributed by atoms with E-state index in [9.17, 15) is 9.59 Å². The molecule has 5 heteroatoms. The van der Waals surface area contributed by atoms with E-state index in [0.29, 0.717) is 31.5 Å². The summed E-state index contributed by atoms with van der Waals surface area (Å²) in [6, 6.07) is 13.8. The van der Waals surface area contributed by atoms with Crippen LogP contribution in [0.5, 0.6) is 0 Å². The van der Waals surface area contributed by atoms with Gasteiger partial charge >= 0.3 is 0 Å². The zero-order valence-corrected chi connectivity index (χ0v) is 14.4. The van der Waals surface area contributed by atoms with Gasteiger partial charge in [0.15, 0.2) is 0 Å². The third-order valence-electron chi connectivity index (χ3n) is 5.05. The highest BCUT2D eigenvalue weighted by atomic mass is 16.2. The number of likely N-dealkylation sites (tertiary alicyclic amines) is 1. The maximum atomic E-state index is 12.6. The third-order valence-corrected chi connectivity index (χ3v) is 5.05. The molecule has 0 unspecified atom stereocenters. The summed E-state index contributed by atoms with van der Waals surface area (Å²) in [6.45, 7) is 2.96. The first-order chi connectivity index (χ1) is 12.0. The number of aromatic nitrogens is 1. The Hall–Kier alpha value is -2.69. The van der Waals surface area contributed by atoms with Crippen molar-refractivity contribution < 1.29 is 9.59 Å². The summed E-state index contributed by atoms with van der Waals surface area (Å²) >= 11 is 0. The second-order valence-corrected chi connectivity index (χ2v) is 6.92. The van der Waals surface area contributed by atoms with E-state index in [2.05, 4.69) is 17.1 Å². The summed E-state index contributed by atoms with van der Waals surface area (Å²) in [5, 5.41) is 0. The Balaban J connectivity index is 1.63. The molecule has 25 heavy (non-hydrogen) atoms. The molecule has 1 aliphatic rings. The number of nitrogens with zero attached hydrogens (tertiary/aromatic N) is 2. The van der Waals surface area contributed by atoms with Crippen molar-refractivity contribution in [2.75, 3.05) is 13.1 Å². The highest BCUT2D eigenvalue weighted by Gasteiger charge is 2.36. The fraction of sp³-hybridized carbons (Fsp3) is 0.350. The standard InChI is InChI=1S/C20H23N3O2/c1-20(19(21)25)9-11-23(12-10-20)18(24)16-7-8-17(22-14-16)13-15-5-3-2-4-6-15/h2-8,14H,9-13H2,1H3,(H2,21,25). The molecular formula is C20H23N3O2. The molecule has 0 aliphatic carbocycles. The molecule has 1 saturated heterocycles. The molecule has 2 aromatic rings. The fourth-order valence-electron chi connectivity index (χ4n) is 3.09. The molecule has 2 amide bonds. The number of primary amides is 1. The minimum absolute atomic E-state index is 0.0368. The van der Waals surface area contributed by atoms with Gasteiger partial charge in [-0.05, 0) is 30.5 Å². The Bertz CT molecular complexity index is 748. The second kappa shape index (κ2) is 7.05. The quantitative estimate of drug-likeness (QED) is 0.931. The Kier molecular flexibility index (Phi) is 4.83. The number of nitrogens with two attached hydrogens (primary N) is 1. The van der Waals surface area contributed by atoms with E-state index in [1.807, 2.05) is 37.3 Å². The molecule has 0 saturated carbocycles. The third kappa shape index (κ3) is 3.87. The number of hydrogen-bond acceptors (Lipinski definition) is 3. The lowest BCUT2D eigenvalue weighted by molar-refractivity contribution is -0.129.